The van der Waals surface area contributed by atoms with Gasteiger partial charge in [0.25, 0.3) is 0 Å². The van der Waals surface area contributed by atoms with Gasteiger partial charge in [0.05, 0.1) is 6.10 Å². The number of hydrogen-bond acceptors (Lipinski definition) is 1. The molecule has 1 N–H and O–H groups in total. The summed E-state index contributed by atoms with van der Waals surface area (Å²) in [7, 11) is 0. The van der Waals surface area contributed by atoms with Crippen LogP contribution in [0.25, 0.3) is 0 Å². The van der Waals surface area contributed by atoms with Crippen LogP contribution in [-0.4, -0.2) is 11.2 Å². The average molecular weight is 317 g/mol. The Labute approximate surface area is 142 Å². The number of allylic oxidation sites excluding steroid dienone is 2. The van der Waals surface area contributed by atoms with Gasteiger partial charge in [-0.25, -0.2) is 0 Å². The van der Waals surface area contributed by atoms with Crippen molar-refractivity contribution in [3.05, 3.63) is 11.6 Å². The topological polar surface area (TPSA) is 20.2 Å². The van der Waals surface area contributed by atoms with Gasteiger partial charge in [-0.15, -0.1) is 0 Å². The van der Waals surface area contributed by atoms with Gasteiger partial charge in [0.2, 0.25) is 0 Å². The molecule has 0 saturated heterocycles. The molecule has 1 unspecified atom stereocenters. The molecular formula is C22H36O. The Morgan fingerprint density at radius 1 is 1.00 bits per heavy atom. The highest BCUT2D eigenvalue weighted by Crippen LogP contribution is 2.66. The van der Waals surface area contributed by atoms with E-state index in [4.69, 9.17) is 0 Å². The monoisotopic (exact) mass is 316 g/mol. The molecule has 7 atom stereocenters. The Kier molecular flexibility index (Phi) is 3.76. The molecule has 0 aliphatic heterocycles. The van der Waals surface area contributed by atoms with Gasteiger partial charge in [-0.05, 0) is 91.8 Å². The number of aliphatic hydroxyl groups excluding tert-OH is 1. The summed E-state index contributed by atoms with van der Waals surface area (Å²) in [6, 6.07) is 0. The van der Waals surface area contributed by atoms with Crippen LogP contribution >= 0.6 is 0 Å². The van der Waals surface area contributed by atoms with E-state index in [0.717, 1.165) is 42.4 Å². The fraction of sp³-hybridized carbons (Fsp3) is 0.909. The van der Waals surface area contributed by atoms with E-state index in [0.29, 0.717) is 10.8 Å². The summed E-state index contributed by atoms with van der Waals surface area (Å²) in [4.78, 5) is 0. The lowest BCUT2D eigenvalue weighted by molar-refractivity contribution is -0.0420. The predicted octanol–water partition coefficient (Wildman–Crippen LogP) is 5.58. The summed E-state index contributed by atoms with van der Waals surface area (Å²) in [6.45, 7) is 10.1. The van der Waals surface area contributed by atoms with Crippen molar-refractivity contribution in [2.45, 2.75) is 85.2 Å². The Balaban J connectivity index is 1.66. The van der Waals surface area contributed by atoms with E-state index >= 15 is 0 Å². The fourth-order valence-electron chi connectivity index (χ4n) is 7.63. The molecule has 1 heteroatoms. The molecule has 4 aliphatic carbocycles. The van der Waals surface area contributed by atoms with E-state index in [9.17, 15) is 5.11 Å². The number of rotatable bonds is 1. The summed E-state index contributed by atoms with van der Waals surface area (Å²) >= 11 is 0. The minimum Gasteiger partial charge on any atom is -0.393 e. The van der Waals surface area contributed by atoms with Gasteiger partial charge in [-0.3, -0.25) is 0 Å². The third-order valence-electron chi connectivity index (χ3n) is 8.93. The first-order chi connectivity index (χ1) is 10.9. The van der Waals surface area contributed by atoms with E-state index in [1.165, 1.54) is 38.5 Å². The number of aliphatic hydroxyl groups is 1. The molecule has 3 fully saturated rings. The lowest BCUT2D eigenvalue weighted by atomic mass is 9.47. The first-order valence-corrected chi connectivity index (χ1v) is 10.2. The zero-order valence-electron chi connectivity index (χ0n) is 15.6. The van der Waals surface area contributed by atoms with E-state index in [1.54, 1.807) is 0 Å². The molecule has 0 heterocycles. The van der Waals surface area contributed by atoms with Crippen molar-refractivity contribution in [3.8, 4) is 0 Å². The SMILES string of the molecule is CC(C)[C@H]1CC[C@H]2C3=CCC4C[C@@H](O)CC[C@]4(C)[C@H]3CC[C@]12C. The Hall–Kier alpha value is -0.300. The van der Waals surface area contributed by atoms with Crippen LogP contribution in [0, 0.1) is 40.4 Å². The second-order valence-electron chi connectivity index (χ2n) is 10.1. The van der Waals surface area contributed by atoms with Gasteiger partial charge in [-0.2, -0.15) is 0 Å². The highest BCUT2D eigenvalue weighted by atomic mass is 16.3. The predicted molar refractivity (Wildman–Crippen MR) is 96.0 cm³/mol. The minimum atomic E-state index is -0.0336. The van der Waals surface area contributed by atoms with Crippen molar-refractivity contribution in [2.75, 3.05) is 0 Å². The fourth-order valence-corrected chi connectivity index (χ4v) is 7.63. The molecule has 0 aromatic rings. The van der Waals surface area contributed by atoms with Crippen LogP contribution in [0.15, 0.2) is 11.6 Å². The summed E-state index contributed by atoms with van der Waals surface area (Å²) < 4.78 is 0. The molecule has 4 aliphatic rings. The van der Waals surface area contributed by atoms with Gasteiger partial charge < -0.3 is 5.11 Å². The summed E-state index contributed by atoms with van der Waals surface area (Å²) in [5.74, 6) is 4.16. The van der Waals surface area contributed by atoms with Gasteiger partial charge in [0, 0.05) is 0 Å². The van der Waals surface area contributed by atoms with E-state index in [-0.39, 0.29) is 6.10 Å². The van der Waals surface area contributed by atoms with Crippen LogP contribution < -0.4 is 0 Å². The molecule has 130 valence electrons. The van der Waals surface area contributed by atoms with Crippen LogP contribution in [0.2, 0.25) is 0 Å². The van der Waals surface area contributed by atoms with Gasteiger partial charge >= 0.3 is 0 Å². The third kappa shape index (κ3) is 2.21. The third-order valence-corrected chi connectivity index (χ3v) is 8.93. The normalized spacial score (nSPS) is 52.6. The van der Waals surface area contributed by atoms with Crippen LogP contribution in [0.1, 0.15) is 79.1 Å². The van der Waals surface area contributed by atoms with Crippen molar-refractivity contribution >= 4 is 0 Å². The summed E-state index contributed by atoms with van der Waals surface area (Å²) in [5.41, 5.74) is 2.89. The minimum absolute atomic E-state index is 0.0336. The van der Waals surface area contributed by atoms with Crippen LogP contribution in [0.5, 0.6) is 0 Å². The quantitative estimate of drug-likeness (QED) is 0.626. The van der Waals surface area contributed by atoms with Crippen molar-refractivity contribution in [1.82, 2.24) is 0 Å². The molecular weight excluding hydrogens is 280 g/mol. The van der Waals surface area contributed by atoms with E-state index in [1.807, 2.05) is 5.57 Å². The maximum absolute atomic E-state index is 10.1. The lowest BCUT2D eigenvalue weighted by Gasteiger charge is -2.57. The molecule has 0 amide bonds. The van der Waals surface area contributed by atoms with Crippen LogP contribution in [0.3, 0.4) is 0 Å². The largest absolute Gasteiger partial charge is 0.393 e. The first-order valence-electron chi connectivity index (χ1n) is 10.2. The lowest BCUT2D eigenvalue weighted by Crippen LogP contribution is -2.49. The van der Waals surface area contributed by atoms with Crippen molar-refractivity contribution < 1.29 is 5.11 Å². The van der Waals surface area contributed by atoms with Crippen LogP contribution in [-0.2, 0) is 0 Å². The maximum Gasteiger partial charge on any atom is 0.0543 e. The molecule has 0 aromatic carbocycles. The zero-order chi connectivity index (χ0) is 16.4. The molecule has 4 rings (SSSR count). The van der Waals surface area contributed by atoms with Gasteiger partial charge in [0.15, 0.2) is 0 Å². The molecule has 1 nitrogen and oxygen atoms in total. The molecule has 0 spiro atoms. The highest BCUT2D eigenvalue weighted by Gasteiger charge is 2.57. The highest BCUT2D eigenvalue weighted by molar-refractivity contribution is 5.27. The number of fused-ring (bicyclic) bond motifs is 5. The average Bonchev–Trinajstić information content (AvgIpc) is 2.85. The maximum atomic E-state index is 10.1. The summed E-state index contributed by atoms with van der Waals surface area (Å²) in [6.07, 6.45) is 12.9. The van der Waals surface area contributed by atoms with Gasteiger partial charge in [0.1, 0.15) is 0 Å². The molecule has 3 saturated carbocycles. The summed E-state index contributed by atoms with van der Waals surface area (Å²) in [5, 5.41) is 10.1. The van der Waals surface area contributed by atoms with Crippen molar-refractivity contribution in [3.63, 3.8) is 0 Å². The molecule has 0 bridgehead atoms. The first kappa shape index (κ1) is 16.2. The molecule has 0 radical (unpaired) electrons. The van der Waals surface area contributed by atoms with E-state index in [2.05, 4.69) is 33.8 Å². The van der Waals surface area contributed by atoms with Gasteiger partial charge in [-0.1, -0.05) is 39.3 Å². The smallest absolute Gasteiger partial charge is 0.0543 e. The Bertz CT molecular complexity index is 506. The molecule has 0 aromatic heterocycles. The van der Waals surface area contributed by atoms with E-state index < -0.39 is 0 Å². The molecule has 23 heavy (non-hydrogen) atoms. The number of hydrogen-bond donors (Lipinski definition) is 1. The zero-order valence-corrected chi connectivity index (χ0v) is 15.6. The standard InChI is InChI=1S/C22H36O/c1-14(2)18-7-8-19-17-6-5-15-13-16(23)9-11-21(15,3)20(17)10-12-22(18,19)4/h6,14-16,18-20,23H,5,7-13H2,1-4H3/t15?,16-,18+,19-,20-,21-,22+/m0/s1. The van der Waals surface area contributed by atoms with Crippen molar-refractivity contribution in [1.29, 1.82) is 0 Å². The Morgan fingerprint density at radius 3 is 2.43 bits per heavy atom. The Morgan fingerprint density at radius 2 is 1.70 bits per heavy atom. The van der Waals surface area contributed by atoms with Crippen LogP contribution in [0.4, 0.5) is 0 Å². The second-order valence-corrected chi connectivity index (χ2v) is 10.1. The van der Waals surface area contributed by atoms with Crippen molar-refractivity contribution in [2.24, 2.45) is 40.4 Å². The second kappa shape index (κ2) is 5.35.